The van der Waals surface area contributed by atoms with E-state index in [1.165, 1.54) is 14.2 Å². The molecule has 0 bridgehead atoms. The molecule has 0 saturated carbocycles. The summed E-state index contributed by atoms with van der Waals surface area (Å²) in [7, 11) is 2.83. The van der Waals surface area contributed by atoms with Crippen LogP contribution in [0, 0.1) is 11.8 Å². The zero-order valence-electron chi connectivity index (χ0n) is 30.4. The monoisotopic (exact) mass is 778 g/mol. The third kappa shape index (κ3) is 6.91. The number of methoxy groups -OCH3 is 2. The number of cyclic esters (lactones) is 1. The first-order chi connectivity index (χ1) is 27.3. The molecule has 17 heteroatoms. The summed E-state index contributed by atoms with van der Waals surface area (Å²) >= 11 is 0. The van der Waals surface area contributed by atoms with E-state index < -0.39 is 72.8 Å². The van der Waals surface area contributed by atoms with Crippen LogP contribution in [0.2, 0.25) is 0 Å². The molecule has 4 aliphatic heterocycles. The maximum absolute atomic E-state index is 13.8. The molecular formula is C39H38O17. The fourth-order valence-electron chi connectivity index (χ4n) is 8.02. The molecule has 10 atom stereocenters. The molecule has 17 nitrogen and oxygen atoms in total. The minimum Gasteiger partial charge on any atom is -0.493 e. The van der Waals surface area contributed by atoms with Crippen molar-refractivity contribution in [2.45, 2.75) is 55.9 Å². The lowest BCUT2D eigenvalue weighted by molar-refractivity contribution is -0.363. The van der Waals surface area contributed by atoms with Gasteiger partial charge in [0.25, 0.3) is 12.9 Å². The van der Waals surface area contributed by atoms with Crippen LogP contribution in [0.25, 0.3) is 0 Å². The van der Waals surface area contributed by atoms with Crippen molar-refractivity contribution in [3.05, 3.63) is 71.3 Å². The molecule has 0 aromatic heterocycles. The Balaban J connectivity index is 1.16. The summed E-state index contributed by atoms with van der Waals surface area (Å²) in [4.78, 5) is 50.3. The number of fused-ring (bicyclic) bond motifs is 4. The molecule has 3 saturated heterocycles. The normalized spacial score (nSPS) is 29.7. The average molecular weight is 779 g/mol. The zero-order chi connectivity index (χ0) is 38.9. The zero-order valence-corrected chi connectivity index (χ0v) is 30.4. The molecule has 3 aromatic carbocycles. The van der Waals surface area contributed by atoms with E-state index in [1.807, 2.05) is 6.07 Å². The van der Waals surface area contributed by atoms with E-state index in [0.29, 0.717) is 33.9 Å². The van der Waals surface area contributed by atoms with E-state index in [2.05, 4.69) is 0 Å². The van der Waals surface area contributed by atoms with Crippen molar-refractivity contribution < 1.29 is 80.8 Å². The van der Waals surface area contributed by atoms with E-state index in [0.717, 1.165) is 0 Å². The minimum atomic E-state index is -1.32. The molecular weight excluding hydrogens is 740 g/mol. The summed E-state index contributed by atoms with van der Waals surface area (Å²) < 4.78 is 75.4. The Labute approximate surface area is 319 Å². The van der Waals surface area contributed by atoms with Gasteiger partial charge in [-0.1, -0.05) is 18.2 Å². The smallest absolute Gasteiger partial charge is 0.349 e. The van der Waals surface area contributed by atoms with E-state index in [4.69, 9.17) is 61.6 Å². The number of hydrogen-bond acceptors (Lipinski definition) is 17. The number of carbonyl (C=O) groups is 4. The van der Waals surface area contributed by atoms with E-state index in [1.54, 1.807) is 55.5 Å². The Hall–Kier alpha value is -5.62. The highest BCUT2D eigenvalue weighted by Gasteiger charge is 2.57. The first-order valence-corrected chi connectivity index (χ1v) is 17.8. The Morgan fingerprint density at radius 2 is 1.55 bits per heavy atom. The molecule has 0 unspecified atom stereocenters. The van der Waals surface area contributed by atoms with E-state index >= 15 is 0 Å². The number of carbonyl (C=O) groups excluding carboxylic acids is 4. The highest BCUT2D eigenvalue weighted by molar-refractivity contribution is 5.80. The molecule has 296 valence electrons. The summed E-state index contributed by atoms with van der Waals surface area (Å²) in [6, 6.07) is 15.7. The number of esters is 2. The number of para-hydroxylation sites is 1. The van der Waals surface area contributed by atoms with Gasteiger partial charge in [-0.2, -0.15) is 0 Å². The van der Waals surface area contributed by atoms with Gasteiger partial charge in [0.05, 0.1) is 39.5 Å². The second kappa shape index (κ2) is 15.9. The molecule has 1 aliphatic carbocycles. The highest BCUT2D eigenvalue weighted by Crippen LogP contribution is 2.57. The summed E-state index contributed by atoms with van der Waals surface area (Å²) in [5, 5.41) is 0. The van der Waals surface area contributed by atoms with Crippen molar-refractivity contribution in [3.63, 3.8) is 0 Å². The predicted molar refractivity (Wildman–Crippen MR) is 184 cm³/mol. The largest absolute Gasteiger partial charge is 0.493 e. The second-order valence-electron chi connectivity index (χ2n) is 13.5. The van der Waals surface area contributed by atoms with Crippen LogP contribution in [0.15, 0.2) is 54.6 Å². The SMILES string of the molecule is COc1cc([C@@H]2c3cc4c(cc3[C@@H](O[C@@H]3O[C@@H]5CO[C@@H](C)O[C@H]5[C@H](OC=O)[C@H]3OC=O)[C@H]3COC(=O)[C@H]23)OCO4)cc(OC)c1OC(=O)COc1ccccc1. The van der Waals surface area contributed by atoms with Gasteiger partial charge < -0.3 is 61.6 Å². The highest BCUT2D eigenvalue weighted by atomic mass is 16.8. The van der Waals surface area contributed by atoms with Crippen LogP contribution < -0.4 is 28.4 Å². The predicted octanol–water partition coefficient (Wildman–Crippen LogP) is 2.98. The van der Waals surface area contributed by atoms with Crippen LogP contribution in [0.1, 0.15) is 35.6 Å². The first-order valence-electron chi connectivity index (χ1n) is 17.8. The Bertz CT molecular complexity index is 1930. The summed E-state index contributed by atoms with van der Waals surface area (Å²) in [6.45, 7) is 1.74. The maximum Gasteiger partial charge on any atom is 0.349 e. The Morgan fingerprint density at radius 3 is 2.25 bits per heavy atom. The van der Waals surface area contributed by atoms with Crippen molar-refractivity contribution >= 4 is 24.9 Å². The molecule has 0 spiro atoms. The fourth-order valence-corrected chi connectivity index (χ4v) is 8.02. The third-order valence-electron chi connectivity index (χ3n) is 10.4. The lowest BCUT2D eigenvalue weighted by Crippen LogP contribution is -2.64. The average Bonchev–Trinajstić information content (AvgIpc) is 3.84. The van der Waals surface area contributed by atoms with Crippen LogP contribution >= 0.6 is 0 Å². The van der Waals surface area contributed by atoms with E-state index in [-0.39, 0.29) is 56.8 Å². The quantitative estimate of drug-likeness (QED) is 0.107. The van der Waals surface area contributed by atoms with E-state index in [9.17, 15) is 19.2 Å². The number of hydrogen-bond donors (Lipinski definition) is 0. The van der Waals surface area contributed by atoms with Crippen LogP contribution in [-0.2, 0) is 52.3 Å². The fraction of sp³-hybridized carbons (Fsp3) is 0.436. The van der Waals surface area contributed by atoms with Gasteiger partial charge in [0.2, 0.25) is 12.5 Å². The van der Waals surface area contributed by atoms with Crippen LogP contribution in [0.5, 0.6) is 34.5 Å². The molecule has 3 aromatic rings. The lowest BCUT2D eigenvalue weighted by Gasteiger charge is -2.48. The van der Waals surface area contributed by atoms with Gasteiger partial charge >= 0.3 is 11.9 Å². The first kappa shape index (κ1) is 37.3. The molecule has 56 heavy (non-hydrogen) atoms. The molecule has 3 fully saturated rings. The van der Waals surface area contributed by atoms with Gasteiger partial charge in [0.1, 0.15) is 18.0 Å². The molecule has 5 aliphatic rings. The minimum absolute atomic E-state index is 0.0139. The maximum atomic E-state index is 13.8. The molecule has 4 heterocycles. The van der Waals surface area contributed by atoms with Crippen LogP contribution in [-0.4, -0.2) is 103 Å². The van der Waals surface area contributed by atoms with Crippen molar-refractivity contribution in [3.8, 4) is 34.5 Å². The number of ether oxygens (including phenoxy) is 13. The molecule has 8 rings (SSSR count). The van der Waals surface area contributed by atoms with Crippen molar-refractivity contribution in [2.24, 2.45) is 11.8 Å². The Morgan fingerprint density at radius 1 is 0.857 bits per heavy atom. The molecule has 0 radical (unpaired) electrons. The van der Waals surface area contributed by atoms with Gasteiger partial charge in [-0.05, 0) is 60.0 Å². The molecule has 0 amide bonds. The van der Waals surface area contributed by atoms with Crippen molar-refractivity contribution in [1.82, 2.24) is 0 Å². The van der Waals surface area contributed by atoms with Gasteiger partial charge in [0, 0.05) is 11.8 Å². The Kier molecular flexibility index (Phi) is 10.6. The standard InChI is InChI=1S/C39H38O17/c1-19-46-14-29-35(53-19)36(49-16-40)37(50-17-41)39(54-29)56-33-23-12-26-25(51-18-52-26)11-22(23)31(32-24(33)13-48-38(32)43)20-9-27(44-2)34(28(10-20)45-3)55-30(42)15-47-21-7-5-4-6-8-21/h4-12,16-17,19,24,29,31-33,35-37,39H,13-15,18H2,1-3H3/t19-,24+,29-,31-,32+,33-,35-,36+,37-,39+/m1/s1. The summed E-state index contributed by atoms with van der Waals surface area (Å²) in [5.41, 5.74) is 1.78. The topological polar surface area (TPSA) is 188 Å². The van der Waals surface area contributed by atoms with Gasteiger partial charge in [-0.3, -0.25) is 14.4 Å². The van der Waals surface area contributed by atoms with Gasteiger partial charge in [-0.15, -0.1) is 0 Å². The van der Waals surface area contributed by atoms with Gasteiger partial charge in [-0.25, -0.2) is 4.79 Å². The van der Waals surface area contributed by atoms with Crippen LogP contribution in [0.3, 0.4) is 0 Å². The van der Waals surface area contributed by atoms with Crippen molar-refractivity contribution in [1.29, 1.82) is 0 Å². The number of rotatable bonds is 13. The number of benzene rings is 3. The molecule has 0 N–H and O–H groups in total. The summed E-state index contributed by atoms with van der Waals surface area (Å²) in [6.07, 6.45) is -6.86. The van der Waals surface area contributed by atoms with Crippen molar-refractivity contribution in [2.75, 3.05) is 40.8 Å². The lowest BCUT2D eigenvalue weighted by atomic mass is 9.66. The van der Waals surface area contributed by atoms with Gasteiger partial charge in [0.15, 0.2) is 54.4 Å². The second-order valence-corrected chi connectivity index (χ2v) is 13.5. The summed E-state index contributed by atoms with van der Waals surface area (Å²) in [5.74, 6) is -1.70. The van der Waals surface area contributed by atoms with Crippen LogP contribution in [0.4, 0.5) is 0 Å². The third-order valence-corrected chi connectivity index (χ3v) is 10.4.